The van der Waals surface area contributed by atoms with E-state index in [1.807, 2.05) is 0 Å². The SMILES string of the molecule is COc1ccc(NC(=O)c2cc3n(n2)[C@@H](C(F)(F)F)C[C@@H](c2ccc(F)cc2)N3)cc1OC. The van der Waals surface area contributed by atoms with E-state index >= 15 is 0 Å². The van der Waals surface area contributed by atoms with Crippen molar-refractivity contribution in [3.8, 4) is 11.5 Å². The van der Waals surface area contributed by atoms with Gasteiger partial charge in [0.05, 0.1) is 20.3 Å². The molecule has 33 heavy (non-hydrogen) atoms. The van der Waals surface area contributed by atoms with Gasteiger partial charge in [0.15, 0.2) is 23.2 Å². The summed E-state index contributed by atoms with van der Waals surface area (Å²) in [6.07, 6.45) is -4.96. The minimum atomic E-state index is -4.60. The average Bonchev–Trinajstić information content (AvgIpc) is 3.22. The molecule has 2 aromatic carbocycles. The molecule has 174 valence electrons. The summed E-state index contributed by atoms with van der Waals surface area (Å²) in [5, 5.41) is 9.48. The number of carbonyl (C=O) groups is 1. The summed E-state index contributed by atoms with van der Waals surface area (Å²) >= 11 is 0. The fourth-order valence-corrected chi connectivity index (χ4v) is 3.71. The van der Waals surface area contributed by atoms with Crippen LogP contribution >= 0.6 is 0 Å². The Morgan fingerprint density at radius 3 is 2.42 bits per heavy atom. The van der Waals surface area contributed by atoms with E-state index in [1.54, 1.807) is 12.1 Å². The minimum absolute atomic E-state index is 0.0374. The van der Waals surface area contributed by atoms with Gasteiger partial charge >= 0.3 is 6.18 Å². The summed E-state index contributed by atoms with van der Waals surface area (Å²) in [5.41, 5.74) is 0.656. The number of aromatic nitrogens is 2. The highest BCUT2D eigenvalue weighted by atomic mass is 19.4. The van der Waals surface area contributed by atoms with Gasteiger partial charge in [0.2, 0.25) is 0 Å². The summed E-state index contributed by atoms with van der Waals surface area (Å²) < 4.78 is 65.8. The topological polar surface area (TPSA) is 77.4 Å². The standard InChI is InChI=1S/C22H20F4N4O3/c1-32-17-8-7-14(9-18(17)33-2)27-21(31)16-11-20-28-15(12-3-5-13(23)6-4-12)10-19(22(24,25)26)30(20)29-16/h3-9,11,15,19,28H,10H2,1-2H3,(H,27,31)/t15-,19+/m0/s1. The highest BCUT2D eigenvalue weighted by molar-refractivity contribution is 6.03. The van der Waals surface area contributed by atoms with E-state index in [1.165, 1.54) is 50.6 Å². The average molecular weight is 464 g/mol. The molecule has 0 bridgehead atoms. The van der Waals surface area contributed by atoms with Crippen molar-refractivity contribution in [2.75, 3.05) is 24.9 Å². The molecule has 2 heterocycles. The molecule has 0 spiro atoms. The van der Waals surface area contributed by atoms with Crippen LogP contribution in [-0.4, -0.2) is 36.1 Å². The second kappa shape index (κ2) is 8.64. The fraction of sp³-hybridized carbons (Fsp3) is 0.273. The number of carbonyl (C=O) groups excluding carboxylic acids is 1. The lowest BCUT2D eigenvalue weighted by molar-refractivity contribution is -0.173. The number of benzene rings is 2. The molecule has 7 nitrogen and oxygen atoms in total. The third kappa shape index (κ3) is 4.57. The largest absolute Gasteiger partial charge is 0.493 e. The molecule has 3 aromatic rings. The number of nitrogens with one attached hydrogen (secondary N) is 2. The van der Waals surface area contributed by atoms with Crippen molar-refractivity contribution in [3.63, 3.8) is 0 Å². The lowest BCUT2D eigenvalue weighted by Crippen LogP contribution is -2.35. The molecule has 0 fully saturated rings. The Kier molecular flexibility index (Phi) is 5.88. The van der Waals surface area contributed by atoms with Crippen LogP contribution in [0.3, 0.4) is 0 Å². The molecule has 1 aliphatic rings. The normalized spacial score (nSPS) is 17.6. The lowest BCUT2D eigenvalue weighted by Gasteiger charge is -2.33. The van der Waals surface area contributed by atoms with Crippen molar-refractivity contribution < 1.29 is 31.8 Å². The number of ether oxygens (including phenoxy) is 2. The number of hydrogen-bond acceptors (Lipinski definition) is 5. The number of methoxy groups -OCH3 is 2. The van der Waals surface area contributed by atoms with E-state index in [-0.39, 0.29) is 17.9 Å². The zero-order chi connectivity index (χ0) is 23.8. The van der Waals surface area contributed by atoms with E-state index in [2.05, 4.69) is 15.7 Å². The molecule has 2 atom stereocenters. The Balaban J connectivity index is 1.61. The summed E-state index contributed by atoms with van der Waals surface area (Å²) in [5.74, 6) is -0.306. The molecule has 0 saturated carbocycles. The van der Waals surface area contributed by atoms with Crippen molar-refractivity contribution in [1.82, 2.24) is 9.78 Å². The molecule has 0 unspecified atom stereocenters. The molecule has 0 saturated heterocycles. The summed E-state index contributed by atoms with van der Waals surface area (Å²) in [4.78, 5) is 12.7. The van der Waals surface area contributed by atoms with Gasteiger partial charge in [0.25, 0.3) is 5.91 Å². The summed E-state index contributed by atoms with van der Waals surface area (Å²) in [6.45, 7) is 0. The highest BCUT2D eigenvalue weighted by Crippen LogP contribution is 2.43. The Morgan fingerprint density at radius 1 is 1.09 bits per heavy atom. The first-order chi connectivity index (χ1) is 15.7. The number of halogens is 4. The van der Waals surface area contributed by atoms with Crippen molar-refractivity contribution in [2.45, 2.75) is 24.7 Å². The van der Waals surface area contributed by atoms with Gasteiger partial charge in [0, 0.05) is 24.2 Å². The van der Waals surface area contributed by atoms with Crippen molar-refractivity contribution >= 4 is 17.4 Å². The van der Waals surface area contributed by atoms with E-state index in [4.69, 9.17) is 9.47 Å². The van der Waals surface area contributed by atoms with Crippen LogP contribution in [0.2, 0.25) is 0 Å². The number of anilines is 2. The molecule has 2 N–H and O–H groups in total. The summed E-state index contributed by atoms with van der Waals surface area (Å²) in [6, 6.07) is 8.47. The Labute approximate surface area is 186 Å². The van der Waals surface area contributed by atoms with Crippen LogP contribution in [0.4, 0.5) is 29.1 Å². The number of nitrogens with zero attached hydrogens (tertiary/aromatic N) is 2. The first-order valence-corrected chi connectivity index (χ1v) is 9.91. The third-order valence-corrected chi connectivity index (χ3v) is 5.34. The van der Waals surface area contributed by atoms with Crippen LogP contribution in [0.5, 0.6) is 11.5 Å². The van der Waals surface area contributed by atoms with Gasteiger partial charge in [-0.25, -0.2) is 9.07 Å². The molecule has 0 radical (unpaired) electrons. The van der Waals surface area contributed by atoms with Crippen LogP contribution in [0.15, 0.2) is 48.5 Å². The fourth-order valence-electron chi connectivity index (χ4n) is 3.71. The molecule has 1 aromatic heterocycles. The maximum absolute atomic E-state index is 13.8. The minimum Gasteiger partial charge on any atom is -0.493 e. The lowest BCUT2D eigenvalue weighted by atomic mass is 9.97. The Hall–Kier alpha value is -3.76. The Morgan fingerprint density at radius 2 is 1.79 bits per heavy atom. The Bertz CT molecular complexity index is 1160. The molecule has 4 rings (SSSR count). The number of amides is 1. The second-order valence-electron chi connectivity index (χ2n) is 7.42. The van der Waals surface area contributed by atoms with Gasteiger partial charge in [-0.1, -0.05) is 12.1 Å². The van der Waals surface area contributed by atoms with Crippen LogP contribution in [0.1, 0.15) is 34.6 Å². The zero-order valence-electron chi connectivity index (χ0n) is 17.6. The predicted octanol–water partition coefficient (Wildman–Crippen LogP) is 4.95. The summed E-state index contributed by atoms with van der Waals surface area (Å²) in [7, 11) is 2.91. The van der Waals surface area contributed by atoms with Crippen molar-refractivity contribution in [3.05, 3.63) is 65.6 Å². The predicted molar refractivity (Wildman–Crippen MR) is 112 cm³/mol. The van der Waals surface area contributed by atoms with Gasteiger partial charge in [-0.15, -0.1) is 0 Å². The number of alkyl halides is 3. The maximum Gasteiger partial charge on any atom is 0.410 e. The molecule has 1 aliphatic heterocycles. The number of fused-ring (bicyclic) bond motifs is 1. The first kappa shape index (κ1) is 22.4. The zero-order valence-corrected chi connectivity index (χ0v) is 17.6. The van der Waals surface area contributed by atoms with Gasteiger partial charge in [0.1, 0.15) is 11.6 Å². The quantitative estimate of drug-likeness (QED) is 0.523. The smallest absolute Gasteiger partial charge is 0.410 e. The molecule has 0 aliphatic carbocycles. The van der Waals surface area contributed by atoms with E-state index in [0.29, 0.717) is 22.7 Å². The molecular weight excluding hydrogens is 444 g/mol. The molecule has 1 amide bonds. The second-order valence-corrected chi connectivity index (χ2v) is 7.42. The van der Waals surface area contributed by atoms with Crippen molar-refractivity contribution in [2.24, 2.45) is 0 Å². The monoisotopic (exact) mass is 464 g/mol. The van der Waals surface area contributed by atoms with Gasteiger partial charge in [-0.2, -0.15) is 18.3 Å². The number of hydrogen-bond donors (Lipinski definition) is 2. The van der Waals surface area contributed by atoms with E-state index < -0.39 is 30.0 Å². The van der Waals surface area contributed by atoms with Crippen LogP contribution < -0.4 is 20.1 Å². The van der Waals surface area contributed by atoms with Crippen LogP contribution in [0.25, 0.3) is 0 Å². The van der Waals surface area contributed by atoms with E-state index in [9.17, 15) is 22.4 Å². The van der Waals surface area contributed by atoms with Gasteiger partial charge < -0.3 is 20.1 Å². The van der Waals surface area contributed by atoms with Crippen molar-refractivity contribution in [1.29, 1.82) is 0 Å². The first-order valence-electron chi connectivity index (χ1n) is 9.91. The molecule has 11 heteroatoms. The third-order valence-electron chi connectivity index (χ3n) is 5.34. The van der Waals surface area contributed by atoms with Crippen LogP contribution in [-0.2, 0) is 0 Å². The number of rotatable bonds is 5. The highest BCUT2D eigenvalue weighted by Gasteiger charge is 2.46. The molecular formula is C22H20F4N4O3. The van der Waals surface area contributed by atoms with Gasteiger partial charge in [-0.05, 0) is 29.8 Å². The van der Waals surface area contributed by atoms with Crippen LogP contribution in [0, 0.1) is 5.82 Å². The van der Waals surface area contributed by atoms with Gasteiger partial charge in [-0.3, -0.25) is 4.79 Å². The van der Waals surface area contributed by atoms with E-state index in [0.717, 1.165) is 4.68 Å². The maximum atomic E-state index is 13.8.